The fourth-order valence-electron chi connectivity index (χ4n) is 3.49. The van der Waals surface area contributed by atoms with E-state index >= 15 is 0 Å². The Bertz CT molecular complexity index is 1500. The molecule has 8 nitrogen and oxygen atoms in total. The van der Waals surface area contributed by atoms with Crippen molar-refractivity contribution < 1.29 is 13.5 Å². The van der Waals surface area contributed by atoms with Gasteiger partial charge in [-0.25, -0.2) is 22.8 Å². The standard InChI is InChI=1S/C23H18F2N6O2/c1-2-33-22-28-31(23(32)29(22)13-15-3-5-17(24)6-4-15)19-7-8-21-16(9-19)14-30(27-21)20-10-18(25)11-26-12-20/h3-12,14H,2,13H2,1H3. The van der Waals surface area contributed by atoms with Crippen LogP contribution in [0.15, 0.2) is 71.9 Å². The Morgan fingerprint density at radius 2 is 1.76 bits per heavy atom. The Balaban J connectivity index is 1.54. The number of rotatable bonds is 6. The van der Waals surface area contributed by atoms with E-state index in [1.165, 1.54) is 38.3 Å². The molecule has 0 aliphatic heterocycles. The molecule has 0 saturated carbocycles. The average Bonchev–Trinajstić information content (AvgIpc) is 3.37. The molecule has 0 amide bonds. The number of pyridine rings is 1. The molecular weight excluding hydrogens is 430 g/mol. The molecule has 0 radical (unpaired) electrons. The lowest BCUT2D eigenvalue weighted by Gasteiger charge is -2.05. The summed E-state index contributed by atoms with van der Waals surface area (Å²) in [6.45, 7) is 2.31. The fourth-order valence-corrected chi connectivity index (χ4v) is 3.49. The van der Waals surface area contributed by atoms with Crippen molar-refractivity contribution in [2.24, 2.45) is 0 Å². The van der Waals surface area contributed by atoms with E-state index in [4.69, 9.17) is 4.74 Å². The first-order chi connectivity index (χ1) is 16.0. The van der Waals surface area contributed by atoms with Gasteiger partial charge < -0.3 is 4.74 Å². The summed E-state index contributed by atoms with van der Waals surface area (Å²) in [7, 11) is 0. The van der Waals surface area contributed by atoms with Gasteiger partial charge in [0.15, 0.2) is 0 Å². The highest BCUT2D eigenvalue weighted by atomic mass is 19.1. The summed E-state index contributed by atoms with van der Waals surface area (Å²) in [4.78, 5) is 17.0. The van der Waals surface area contributed by atoms with Crippen LogP contribution in [0.2, 0.25) is 0 Å². The van der Waals surface area contributed by atoms with Gasteiger partial charge in [0.2, 0.25) is 0 Å². The van der Waals surface area contributed by atoms with Crippen molar-refractivity contribution in [2.75, 3.05) is 6.61 Å². The summed E-state index contributed by atoms with van der Waals surface area (Å²) < 4.78 is 36.5. The summed E-state index contributed by atoms with van der Waals surface area (Å²) >= 11 is 0. The van der Waals surface area contributed by atoms with E-state index in [9.17, 15) is 13.6 Å². The van der Waals surface area contributed by atoms with Crippen LogP contribution >= 0.6 is 0 Å². The lowest BCUT2D eigenvalue weighted by atomic mass is 10.2. The van der Waals surface area contributed by atoms with Gasteiger partial charge in [-0.15, -0.1) is 5.10 Å². The Hall–Kier alpha value is -4.34. The molecule has 5 rings (SSSR count). The summed E-state index contributed by atoms with van der Waals surface area (Å²) in [5, 5.41) is 9.52. The van der Waals surface area contributed by atoms with E-state index in [-0.39, 0.29) is 18.4 Å². The van der Waals surface area contributed by atoms with Gasteiger partial charge in [-0.05, 0) is 42.8 Å². The lowest BCUT2D eigenvalue weighted by Crippen LogP contribution is -2.24. The Labute approximate surface area is 186 Å². The van der Waals surface area contributed by atoms with Gasteiger partial charge in [-0.2, -0.15) is 9.78 Å². The summed E-state index contributed by atoms with van der Waals surface area (Å²) in [5.41, 5.74) is 1.99. The van der Waals surface area contributed by atoms with Crippen LogP contribution in [0.25, 0.3) is 22.3 Å². The first kappa shape index (κ1) is 20.6. The molecule has 0 N–H and O–H groups in total. The monoisotopic (exact) mass is 448 g/mol. The number of hydrogen-bond donors (Lipinski definition) is 0. The summed E-state index contributed by atoms with van der Waals surface area (Å²) in [6, 6.07) is 12.6. The van der Waals surface area contributed by atoms with Gasteiger partial charge in [0.1, 0.15) is 11.6 Å². The molecule has 33 heavy (non-hydrogen) atoms. The molecule has 0 aliphatic rings. The minimum atomic E-state index is -0.463. The smallest absolute Gasteiger partial charge is 0.353 e. The molecule has 0 bridgehead atoms. The van der Waals surface area contributed by atoms with Crippen LogP contribution in [0.1, 0.15) is 12.5 Å². The molecule has 0 atom stereocenters. The minimum absolute atomic E-state index is 0.161. The van der Waals surface area contributed by atoms with Crippen LogP contribution in [0.4, 0.5) is 8.78 Å². The summed E-state index contributed by atoms with van der Waals surface area (Å²) in [5.74, 6) is -0.816. The van der Waals surface area contributed by atoms with Crippen LogP contribution in [0.5, 0.6) is 6.01 Å². The molecule has 10 heteroatoms. The van der Waals surface area contributed by atoms with Gasteiger partial charge >= 0.3 is 11.7 Å². The summed E-state index contributed by atoms with van der Waals surface area (Å²) in [6.07, 6.45) is 4.35. The van der Waals surface area contributed by atoms with Crippen molar-refractivity contribution in [3.8, 4) is 17.4 Å². The normalized spacial score (nSPS) is 11.2. The molecule has 3 heterocycles. The Kier molecular flexibility index (Phi) is 5.17. The van der Waals surface area contributed by atoms with Crippen LogP contribution < -0.4 is 10.4 Å². The van der Waals surface area contributed by atoms with Crippen LogP contribution in [-0.2, 0) is 6.54 Å². The zero-order chi connectivity index (χ0) is 22.9. The highest BCUT2D eigenvalue weighted by Crippen LogP contribution is 2.20. The third kappa shape index (κ3) is 3.98. The van der Waals surface area contributed by atoms with E-state index < -0.39 is 11.5 Å². The number of benzene rings is 2. The third-order valence-corrected chi connectivity index (χ3v) is 5.04. The van der Waals surface area contributed by atoms with Gasteiger partial charge in [-0.3, -0.25) is 4.98 Å². The number of nitrogens with zero attached hydrogens (tertiary/aromatic N) is 6. The van der Waals surface area contributed by atoms with Gasteiger partial charge in [-0.1, -0.05) is 12.1 Å². The number of ether oxygens (including phenoxy) is 1. The van der Waals surface area contributed by atoms with Crippen molar-refractivity contribution in [3.63, 3.8) is 0 Å². The van der Waals surface area contributed by atoms with Crippen LogP contribution in [0, 0.1) is 11.6 Å². The molecule has 5 aromatic rings. The van der Waals surface area contributed by atoms with Crippen molar-refractivity contribution in [1.82, 2.24) is 29.1 Å². The second kappa shape index (κ2) is 8.30. The van der Waals surface area contributed by atoms with Gasteiger partial charge in [0.05, 0.1) is 42.4 Å². The zero-order valence-electron chi connectivity index (χ0n) is 17.5. The maximum absolute atomic E-state index is 13.5. The van der Waals surface area contributed by atoms with Gasteiger partial charge in [0, 0.05) is 17.6 Å². The minimum Gasteiger partial charge on any atom is -0.464 e. The van der Waals surface area contributed by atoms with Crippen molar-refractivity contribution in [1.29, 1.82) is 0 Å². The SMILES string of the molecule is CCOc1nn(-c2ccc3nn(-c4cncc(F)c4)cc3c2)c(=O)n1Cc1ccc(F)cc1. The second-order valence-corrected chi connectivity index (χ2v) is 7.30. The number of aromatic nitrogens is 6. The molecule has 3 aromatic heterocycles. The molecule has 166 valence electrons. The predicted octanol–water partition coefficient (Wildman–Crippen LogP) is 3.49. The number of halogens is 2. The molecule has 0 unspecified atom stereocenters. The van der Waals surface area contributed by atoms with Gasteiger partial charge in [0.25, 0.3) is 0 Å². The topological polar surface area (TPSA) is 79.8 Å². The van der Waals surface area contributed by atoms with Crippen molar-refractivity contribution in [3.05, 3.63) is 94.8 Å². The highest BCUT2D eigenvalue weighted by molar-refractivity contribution is 5.80. The number of fused-ring (bicyclic) bond motifs is 1. The zero-order valence-corrected chi connectivity index (χ0v) is 17.5. The highest BCUT2D eigenvalue weighted by Gasteiger charge is 2.17. The Morgan fingerprint density at radius 3 is 2.52 bits per heavy atom. The van der Waals surface area contributed by atoms with Crippen molar-refractivity contribution >= 4 is 10.9 Å². The quantitative estimate of drug-likeness (QED) is 0.397. The molecule has 0 spiro atoms. The first-order valence-electron chi connectivity index (χ1n) is 10.2. The average molecular weight is 448 g/mol. The molecule has 0 saturated heterocycles. The van der Waals surface area contributed by atoms with Crippen LogP contribution in [-0.4, -0.2) is 35.7 Å². The Morgan fingerprint density at radius 1 is 0.939 bits per heavy atom. The molecule has 0 aliphatic carbocycles. The molecule has 2 aromatic carbocycles. The van der Waals surface area contributed by atoms with E-state index in [1.54, 1.807) is 43.5 Å². The first-order valence-corrected chi connectivity index (χ1v) is 10.2. The maximum Gasteiger partial charge on any atom is 0.353 e. The lowest BCUT2D eigenvalue weighted by molar-refractivity contribution is 0.296. The molecular formula is C23H18F2N6O2. The van der Waals surface area contributed by atoms with E-state index in [1.807, 2.05) is 0 Å². The second-order valence-electron chi connectivity index (χ2n) is 7.30. The van der Waals surface area contributed by atoms with E-state index in [2.05, 4.69) is 15.2 Å². The molecule has 0 fully saturated rings. The fraction of sp³-hybridized carbons (Fsp3) is 0.130. The largest absolute Gasteiger partial charge is 0.464 e. The maximum atomic E-state index is 13.5. The van der Waals surface area contributed by atoms with Crippen molar-refractivity contribution in [2.45, 2.75) is 13.5 Å². The van der Waals surface area contributed by atoms with Crippen LogP contribution in [0.3, 0.4) is 0 Å². The van der Waals surface area contributed by atoms with E-state index in [0.29, 0.717) is 23.5 Å². The third-order valence-electron chi connectivity index (χ3n) is 5.04. The predicted molar refractivity (Wildman–Crippen MR) is 117 cm³/mol. The van der Waals surface area contributed by atoms with E-state index in [0.717, 1.165) is 17.1 Å². The number of hydrogen-bond acceptors (Lipinski definition) is 5.